The minimum atomic E-state index is -0.542. The number of likely N-dealkylation sites (N-methyl/N-ethyl adjacent to an activating group) is 2. The van der Waals surface area contributed by atoms with Crippen LogP contribution in [0.3, 0.4) is 0 Å². The van der Waals surface area contributed by atoms with E-state index in [0.717, 1.165) is 25.7 Å². The molecule has 1 saturated heterocycles. The maximum atomic E-state index is 13.8. The molecule has 0 bridgehead atoms. The highest BCUT2D eigenvalue weighted by Gasteiger charge is 2.27. The van der Waals surface area contributed by atoms with Crippen LogP contribution in [0.4, 0.5) is 8.78 Å². The Kier molecular flexibility index (Phi) is 5.46. The summed E-state index contributed by atoms with van der Waals surface area (Å²) in [7, 11) is 2.05. The summed E-state index contributed by atoms with van der Waals surface area (Å²) in [6.07, 6.45) is 0.525. The third-order valence-electron chi connectivity index (χ3n) is 3.67. The SMILES string of the molecule is CCNC(Cc1ccc(F)cc1F)C1CN(C)CCO1. The van der Waals surface area contributed by atoms with Gasteiger partial charge in [-0.15, -0.1) is 0 Å². The lowest BCUT2D eigenvalue weighted by Crippen LogP contribution is -2.52. The normalized spacial score (nSPS) is 21.9. The second-order valence-electron chi connectivity index (χ2n) is 5.28. The van der Waals surface area contributed by atoms with Gasteiger partial charge in [-0.1, -0.05) is 13.0 Å². The molecular weight excluding hydrogens is 262 g/mol. The predicted octanol–water partition coefficient (Wildman–Crippen LogP) is 1.82. The lowest BCUT2D eigenvalue weighted by atomic mass is 9.99. The van der Waals surface area contributed by atoms with Crippen LogP contribution in [-0.4, -0.2) is 50.3 Å². The topological polar surface area (TPSA) is 24.5 Å². The molecule has 0 radical (unpaired) electrons. The zero-order chi connectivity index (χ0) is 14.5. The molecule has 1 N–H and O–H groups in total. The fourth-order valence-electron chi connectivity index (χ4n) is 2.58. The second kappa shape index (κ2) is 7.11. The Bertz CT molecular complexity index is 442. The fraction of sp³-hybridized carbons (Fsp3) is 0.600. The molecule has 0 saturated carbocycles. The molecule has 2 rings (SSSR count). The molecule has 1 aromatic rings. The molecule has 0 spiro atoms. The summed E-state index contributed by atoms with van der Waals surface area (Å²) in [6.45, 7) is 5.23. The highest BCUT2D eigenvalue weighted by Crippen LogP contribution is 2.16. The summed E-state index contributed by atoms with van der Waals surface area (Å²) in [6, 6.07) is 3.78. The van der Waals surface area contributed by atoms with Gasteiger partial charge in [0, 0.05) is 25.2 Å². The lowest BCUT2D eigenvalue weighted by Gasteiger charge is -2.35. The Morgan fingerprint density at radius 3 is 2.90 bits per heavy atom. The predicted molar refractivity (Wildman–Crippen MR) is 74.8 cm³/mol. The first-order chi connectivity index (χ1) is 9.60. The average Bonchev–Trinajstić information content (AvgIpc) is 2.41. The van der Waals surface area contributed by atoms with E-state index in [1.54, 1.807) is 0 Å². The Hall–Kier alpha value is -1.04. The van der Waals surface area contributed by atoms with Crippen molar-refractivity contribution in [2.75, 3.05) is 33.3 Å². The Labute approximate surface area is 118 Å². The number of halogens is 2. The van der Waals surface area contributed by atoms with Gasteiger partial charge in [-0.25, -0.2) is 8.78 Å². The molecule has 2 unspecified atom stereocenters. The van der Waals surface area contributed by atoms with E-state index in [9.17, 15) is 8.78 Å². The summed E-state index contributed by atoms with van der Waals surface area (Å²) in [5, 5.41) is 3.35. The third-order valence-corrected chi connectivity index (χ3v) is 3.67. The molecular formula is C15H22F2N2O. The van der Waals surface area contributed by atoms with Gasteiger partial charge in [-0.05, 0) is 31.6 Å². The van der Waals surface area contributed by atoms with Gasteiger partial charge in [0.05, 0.1) is 12.7 Å². The summed E-state index contributed by atoms with van der Waals surface area (Å²) in [5.74, 6) is -1.03. The van der Waals surface area contributed by atoms with Crippen LogP contribution in [0.25, 0.3) is 0 Å². The first-order valence-electron chi connectivity index (χ1n) is 7.07. The standard InChI is InChI=1S/C15H22F2N2O/c1-3-18-14(15-10-19(2)6-7-20-15)8-11-4-5-12(16)9-13(11)17/h4-5,9,14-15,18H,3,6-8,10H2,1-2H3. The van der Waals surface area contributed by atoms with E-state index in [2.05, 4.69) is 17.3 Å². The number of ether oxygens (including phenoxy) is 1. The van der Waals surface area contributed by atoms with Gasteiger partial charge in [0.15, 0.2) is 0 Å². The molecule has 112 valence electrons. The Morgan fingerprint density at radius 2 is 2.25 bits per heavy atom. The van der Waals surface area contributed by atoms with Gasteiger partial charge in [0.1, 0.15) is 11.6 Å². The van der Waals surface area contributed by atoms with E-state index in [4.69, 9.17) is 4.74 Å². The van der Waals surface area contributed by atoms with Crippen molar-refractivity contribution >= 4 is 0 Å². The maximum Gasteiger partial charge on any atom is 0.129 e. The first kappa shape index (κ1) is 15.4. The molecule has 5 heteroatoms. The molecule has 0 aliphatic carbocycles. The van der Waals surface area contributed by atoms with Crippen molar-refractivity contribution in [1.82, 2.24) is 10.2 Å². The average molecular weight is 284 g/mol. The van der Waals surface area contributed by atoms with Crippen molar-refractivity contribution in [3.63, 3.8) is 0 Å². The number of benzene rings is 1. The van der Waals surface area contributed by atoms with E-state index >= 15 is 0 Å². The van der Waals surface area contributed by atoms with Gasteiger partial charge >= 0.3 is 0 Å². The zero-order valence-corrected chi connectivity index (χ0v) is 12.0. The molecule has 0 amide bonds. The molecule has 1 aliphatic rings. The van der Waals surface area contributed by atoms with Gasteiger partial charge in [-0.2, -0.15) is 0 Å². The first-order valence-corrected chi connectivity index (χ1v) is 7.07. The van der Waals surface area contributed by atoms with Crippen molar-refractivity contribution < 1.29 is 13.5 Å². The quantitative estimate of drug-likeness (QED) is 0.892. The number of nitrogens with one attached hydrogen (secondary N) is 1. The van der Waals surface area contributed by atoms with Gasteiger partial charge in [0.2, 0.25) is 0 Å². The molecule has 1 aliphatic heterocycles. The minimum Gasteiger partial charge on any atom is -0.374 e. The summed E-state index contributed by atoms with van der Waals surface area (Å²) in [5.41, 5.74) is 0.522. The van der Waals surface area contributed by atoms with Crippen LogP contribution < -0.4 is 5.32 Å². The van der Waals surface area contributed by atoms with Crippen LogP contribution in [0.15, 0.2) is 18.2 Å². The number of nitrogens with zero attached hydrogens (tertiary/aromatic N) is 1. The minimum absolute atomic E-state index is 0.0261. The van der Waals surface area contributed by atoms with Gasteiger partial charge in [0.25, 0.3) is 0 Å². The van der Waals surface area contributed by atoms with E-state index in [0.29, 0.717) is 18.6 Å². The van der Waals surface area contributed by atoms with Crippen molar-refractivity contribution in [3.8, 4) is 0 Å². The number of rotatable bonds is 5. The summed E-state index contributed by atoms with van der Waals surface area (Å²) < 4.78 is 32.5. The van der Waals surface area contributed by atoms with E-state index in [-0.39, 0.29) is 12.1 Å². The van der Waals surface area contributed by atoms with E-state index < -0.39 is 11.6 Å². The van der Waals surface area contributed by atoms with Crippen LogP contribution in [0.2, 0.25) is 0 Å². The molecule has 1 aromatic carbocycles. The van der Waals surface area contributed by atoms with Crippen LogP contribution in [-0.2, 0) is 11.2 Å². The molecule has 0 aromatic heterocycles. The van der Waals surface area contributed by atoms with Gasteiger partial charge < -0.3 is 15.0 Å². The third kappa shape index (κ3) is 3.98. The molecule has 20 heavy (non-hydrogen) atoms. The highest BCUT2D eigenvalue weighted by molar-refractivity contribution is 5.20. The monoisotopic (exact) mass is 284 g/mol. The van der Waals surface area contributed by atoms with Gasteiger partial charge in [-0.3, -0.25) is 0 Å². The molecule has 2 atom stereocenters. The largest absolute Gasteiger partial charge is 0.374 e. The van der Waals surface area contributed by atoms with Crippen LogP contribution >= 0.6 is 0 Å². The van der Waals surface area contributed by atoms with E-state index in [1.807, 2.05) is 6.92 Å². The Morgan fingerprint density at radius 1 is 1.45 bits per heavy atom. The molecule has 1 fully saturated rings. The lowest BCUT2D eigenvalue weighted by molar-refractivity contribution is -0.0382. The van der Waals surface area contributed by atoms with Crippen LogP contribution in [0, 0.1) is 11.6 Å². The maximum absolute atomic E-state index is 13.8. The molecule has 3 nitrogen and oxygen atoms in total. The smallest absolute Gasteiger partial charge is 0.129 e. The fourth-order valence-corrected chi connectivity index (χ4v) is 2.58. The Balaban J connectivity index is 2.08. The number of hydrogen-bond acceptors (Lipinski definition) is 3. The zero-order valence-electron chi connectivity index (χ0n) is 12.0. The van der Waals surface area contributed by atoms with Crippen molar-refractivity contribution in [3.05, 3.63) is 35.4 Å². The number of hydrogen-bond donors (Lipinski definition) is 1. The molecule has 1 heterocycles. The van der Waals surface area contributed by atoms with Crippen molar-refractivity contribution in [2.24, 2.45) is 0 Å². The van der Waals surface area contributed by atoms with Crippen molar-refractivity contribution in [1.29, 1.82) is 0 Å². The van der Waals surface area contributed by atoms with Crippen LogP contribution in [0.5, 0.6) is 0 Å². The summed E-state index contributed by atoms with van der Waals surface area (Å²) >= 11 is 0. The van der Waals surface area contributed by atoms with Crippen molar-refractivity contribution in [2.45, 2.75) is 25.5 Å². The number of morpholine rings is 1. The highest BCUT2D eigenvalue weighted by atomic mass is 19.1. The summed E-state index contributed by atoms with van der Waals surface area (Å²) in [4.78, 5) is 2.21. The second-order valence-corrected chi connectivity index (χ2v) is 5.28. The van der Waals surface area contributed by atoms with E-state index in [1.165, 1.54) is 12.1 Å². The van der Waals surface area contributed by atoms with Crippen LogP contribution in [0.1, 0.15) is 12.5 Å².